The van der Waals surface area contributed by atoms with Gasteiger partial charge in [-0.25, -0.2) is 4.98 Å². The van der Waals surface area contributed by atoms with Crippen LogP contribution in [-0.4, -0.2) is 24.5 Å². The zero-order valence-electron chi connectivity index (χ0n) is 11.7. The van der Waals surface area contributed by atoms with Gasteiger partial charge in [0.25, 0.3) is 5.91 Å². The SMILES string of the molecule is CNc1cc(C(=O)NCC(C2CC2)C2CC2)cc(Cl)n1. The Morgan fingerprint density at radius 1 is 1.35 bits per heavy atom. The van der Waals surface area contributed by atoms with Crippen molar-refractivity contribution in [2.45, 2.75) is 25.7 Å². The minimum Gasteiger partial charge on any atom is -0.373 e. The van der Waals surface area contributed by atoms with Crippen LogP contribution < -0.4 is 10.6 Å². The van der Waals surface area contributed by atoms with Crippen LogP contribution in [-0.2, 0) is 0 Å². The van der Waals surface area contributed by atoms with Crippen LogP contribution in [0.1, 0.15) is 36.0 Å². The number of rotatable bonds is 6. The van der Waals surface area contributed by atoms with Crippen molar-refractivity contribution >= 4 is 23.3 Å². The molecule has 1 heterocycles. The fraction of sp³-hybridized carbons (Fsp3) is 0.600. The number of aromatic nitrogens is 1. The van der Waals surface area contributed by atoms with Crippen LogP contribution in [0.2, 0.25) is 5.15 Å². The van der Waals surface area contributed by atoms with Crippen LogP contribution in [0.4, 0.5) is 5.82 Å². The van der Waals surface area contributed by atoms with Gasteiger partial charge < -0.3 is 10.6 Å². The second-order valence-corrected chi connectivity index (χ2v) is 6.25. The van der Waals surface area contributed by atoms with E-state index in [1.54, 1.807) is 19.2 Å². The number of hydrogen-bond acceptors (Lipinski definition) is 3. The summed E-state index contributed by atoms with van der Waals surface area (Å²) in [6.45, 7) is 0.795. The molecular formula is C15H20ClN3O. The van der Waals surface area contributed by atoms with Crippen LogP contribution in [0.25, 0.3) is 0 Å². The highest BCUT2D eigenvalue weighted by atomic mass is 35.5. The van der Waals surface area contributed by atoms with Crippen LogP contribution in [0.15, 0.2) is 12.1 Å². The molecule has 0 spiro atoms. The number of amides is 1. The van der Waals surface area contributed by atoms with Gasteiger partial charge in [-0.1, -0.05) is 11.6 Å². The lowest BCUT2D eigenvalue weighted by Gasteiger charge is -2.16. The largest absolute Gasteiger partial charge is 0.373 e. The van der Waals surface area contributed by atoms with Crippen molar-refractivity contribution in [1.82, 2.24) is 10.3 Å². The van der Waals surface area contributed by atoms with Crippen LogP contribution in [0, 0.1) is 17.8 Å². The van der Waals surface area contributed by atoms with E-state index >= 15 is 0 Å². The normalized spacial score (nSPS) is 18.1. The van der Waals surface area contributed by atoms with E-state index in [9.17, 15) is 4.79 Å². The van der Waals surface area contributed by atoms with Gasteiger partial charge in [-0.2, -0.15) is 0 Å². The van der Waals surface area contributed by atoms with Crippen LogP contribution >= 0.6 is 11.6 Å². The van der Waals surface area contributed by atoms with E-state index in [4.69, 9.17) is 11.6 Å². The van der Waals surface area contributed by atoms with Crippen LogP contribution in [0.3, 0.4) is 0 Å². The van der Waals surface area contributed by atoms with Crippen molar-refractivity contribution in [1.29, 1.82) is 0 Å². The molecular weight excluding hydrogens is 274 g/mol. The maximum atomic E-state index is 12.2. The fourth-order valence-electron chi connectivity index (χ4n) is 2.84. The van der Waals surface area contributed by atoms with Gasteiger partial charge in [0.15, 0.2) is 0 Å². The van der Waals surface area contributed by atoms with Crippen LogP contribution in [0.5, 0.6) is 0 Å². The van der Waals surface area contributed by atoms with Crippen molar-refractivity contribution in [3.05, 3.63) is 22.8 Å². The van der Waals surface area contributed by atoms with Gasteiger partial charge in [0.2, 0.25) is 0 Å². The molecule has 2 N–H and O–H groups in total. The summed E-state index contributed by atoms with van der Waals surface area (Å²) in [5, 5.41) is 6.31. The maximum absolute atomic E-state index is 12.2. The molecule has 0 aliphatic heterocycles. The molecule has 0 radical (unpaired) electrons. The number of hydrogen-bond donors (Lipinski definition) is 2. The number of carbonyl (C=O) groups excluding carboxylic acids is 1. The summed E-state index contributed by atoms with van der Waals surface area (Å²) >= 11 is 5.93. The number of nitrogens with one attached hydrogen (secondary N) is 2. The number of carbonyl (C=O) groups is 1. The van der Waals surface area contributed by atoms with E-state index < -0.39 is 0 Å². The van der Waals surface area contributed by atoms with Gasteiger partial charge >= 0.3 is 0 Å². The zero-order chi connectivity index (χ0) is 14.1. The Balaban J connectivity index is 1.62. The molecule has 0 unspecified atom stereocenters. The van der Waals surface area contributed by atoms with Gasteiger partial charge in [0.05, 0.1) is 0 Å². The van der Waals surface area contributed by atoms with Gasteiger partial charge in [-0.3, -0.25) is 4.79 Å². The van der Waals surface area contributed by atoms with Crippen molar-refractivity contribution in [2.75, 3.05) is 18.9 Å². The maximum Gasteiger partial charge on any atom is 0.251 e. The highest BCUT2D eigenvalue weighted by Crippen LogP contribution is 2.48. The molecule has 2 saturated carbocycles. The molecule has 5 heteroatoms. The molecule has 4 nitrogen and oxygen atoms in total. The standard InChI is InChI=1S/C15H20ClN3O/c1-17-14-7-11(6-13(16)19-14)15(20)18-8-12(9-2-3-9)10-4-5-10/h6-7,9-10,12H,2-5,8H2,1H3,(H,17,19)(H,18,20). The smallest absolute Gasteiger partial charge is 0.251 e. The van der Waals surface area contributed by atoms with Gasteiger partial charge in [-0.15, -0.1) is 0 Å². The molecule has 2 aliphatic carbocycles. The molecule has 2 fully saturated rings. The minimum absolute atomic E-state index is 0.0582. The molecule has 3 rings (SSSR count). The second kappa shape index (κ2) is 5.60. The lowest BCUT2D eigenvalue weighted by molar-refractivity contribution is 0.0943. The van der Waals surface area contributed by atoms with Gasteiger partial charge in [0.1, 0.15) is 11.0 Å². The first kappa shape index (κ1) is 13.7. The van der Waals surface area contributed by atoms with E-state index in [0.29, 0.717) is 22.5 Å². The molecule has 1 aromatic rings. The van der Waals surface area contributed by atoms with E-state index in [1.807, 2.05) is 0 Å². The molecule has 0 bridgehead atoms. The lowest BCUT2D eigenvalue weighted by Crippen LogP contribution is -2.31. The Kier molecular flexibility index (Phi) is 3.83. The van der Waals surface area contributed by atoms with Gasteiger partial charge in [-0.05, 0) is 55.6 Å². The number of halogens is 1. The van der Waals surface area contributed by atoms with E-state index in [2.05, 4.69) is 15.6 Å². The average molecular weight is 294 g/mol. The van der Waals surface area contributed by atoms with Crippen molar-refractivity contribution < 1.29 is 4.79 Å². The fourth-order valence-corrected chi connectivity index (χ4v) is 3.04. The summed E-state index contributed by atoms with van der Waals surface area (Å²) in [5.74, 6) is 2.93. The summed E-state index contributed by atoms with van der Waals surface area (Å²) in [6.07, 6.45) is 5.34. The number of anilines is 1. The highest BCUT2D eigenvalue weighted by molar-refractivity contribution is 6.29. The van der Waals surface area contributed by atoms with E-state index in [-0.39, 0.29) is 5.91 Å². The van der Waals surface area contributed by atoms with E-state index in [1.165, 1.54) is 25.7 Å². The lowest BCUT2D eigenvalue weighted by atomic mass is 9.98. The molecule has 0 saturated heterocycles. The Morgan fingerprint density at radius 2 is 2.00 bits per heavy atom. The topological polar surface area (TPSA) is 54.0 Å². The predicted octanol–water partition coefficient (Wildman–Crippen LogP) is 2.94. The molecule has 1 aromatic heterocycles. The Hall–Kier alpha value is -1.29. The zero-order valence-corrected chi connectivity index (χ0v) is 12.4. The quantitative estimate of drug-likeness (QED) is 0.793. The first-order chi connectivity index (χ1) is 9.67. The third kappa shape index (κ3) is 3.23. The summed E-state index contributed by atoms with van der Waals surface area (Å²) in [6, 6.07) is 3.34. The van der Waals surface area contributed by atoms with Gasteiger partial charge in [0, 0.05) is 19.2 Å². The average Bonchev–Trinajstić information content (AvgIpc) is 3.30. The Morgan fingerprint density at radius 3 is 2.55 bits per heavy atom. The van der Waals surface area contributed by atoms with Crippen molar-refractivity contribution in [3.63, 3.8) is 0 Å². The summed E-state index contributed by atoms with van der Waals surface area (Å²) in [7, 11) is 1.76. The summed E-state index contributed by atoms with van der Waals surface area (Å²) in [4.78, 5) is 16.3. The number of nitrogens with zero attached hydrogens (tertiary/aromatic N) is 1. The summed E-state index contributed by atoms with van der Waals surface area (Å²) in [5.41, 5.74) is 0.569. The Bertz CT molecular complexity index is 500. The predicted molar refractivity (Wildman–Crippen MR) is 80.1 cm³/mol. The Labute approximate surface area is 124 Å². The molecule has 0 atom stereocenters. The molecule has 108 valence electrons. The number of pyridine rings is 1. The second-order valence-electron chi connectivity index (χ2n) is 5.86. The molecule has 0 aromatic carbocycles. The van der Waals surface area contributed by atoms with Crippen molar-refractivity contribution in [3.8, 4) is 0 Å². The monoisotopic (exact) mass is 293 g/mol. The molecule has 1 amide bonds. The van der Waals surface area contributed by atoms with Crippen molar-refractivity contribution in [2.24, 2.45) is 17.8 Å². The van der Waals surface area contributed by atoms with E-state index in [0.717, 1.165) is 18.4 Å². The summed E-state index contributed by atoms with van der Waals surface area (Å²) < 4.78 is 0. The molecule has 20 heavy (non-hydrogen) atoms. The third-order valence-electron chi connectivity index (χ3n) is 4.27. The first-order valence-corrected chi connectivity index (χ1v) is 7.68. The first-order valence-electron chi connectivity index (χ1n) is 7.31. The third-order valence-corrected chi connectivity index (χ3v) is 4.46. The minimum atomic E-state index is -0.0582. The molecule has 2 aliphatic rings. The highest BCUT2D eigenvalue weighted by Gasteiger charge is 2.41.